The maximum Gasteiger partial charge on any atom is 0.306 e. The topological polar surface area (TPSA) is 46.5 Å². The van der Waals surface area contributed by atoms with Crippen molar-refractivity contribution in [3.05, 3.63) is 0 Å². The first-order valence-electron chi connectivity index (χ1n) is 5.10. The Hall–Kier alpha value is -0.570. The second-order valence-corrected chi connectivity index (χ2v) is 3.68. The number of aliphatic hydroxyl groups is 1. The molecule has 3 nitrogen and oxygen atoms in total. The number of esters is 1. The van der Waals surface area contributed by atoms with Gasteiger partial charge in [-0.1, -0.05) is 6.92 Å². The highest BCUT2D eigenvalue weighted by atomic mass is 16.5. The fourth-order valence-electron chi connectivity index (χ4n) is 1.68. The van der Waals surface area contributed by atoms with Gasteiger partial charge in [0.1, 0.15) is 6.10 Å². The van der Waals surface area contributed by atoms with Crippen LogP contribution >= 0.6 is 0 Å². The van der Waals surface area contributed by atoms with Gasteiger partial charge in [0, 0.05) is 12.8 Å². The van der Waals surface area contributed by atoms with E-state index in [0.717, 1.165) is 25.7 Å². The molecule has 3 heteroatoms. The van der Waals surface area contributed by atoms with Gasteiger partial charge in [0.25, 0.3) is 0 Å². The largest absolute Gasteiger partial charge is 0.462 e. The third-order valence-electron chi connectivity index (χ3n) is 2.35. The third kappa shape index (κ3) is 3.77. The molecule has 1 aliphatic rings. The summed E-state index contributed by atoms with van der Waals surface area (Å²) in [6.45, 7) is 1.96. The van der Waals surface area contributed by atoms with Crippen LogP contribution in [0.1, 0.15) is 45.4 Å². The summed E-state index contributed by atoms with van der Waals surface area (Å²) >= 11 is 0. The van der Waals surface area contributed by atoms with Gasteiger partial charge in [-0.3, -0.25) is 4.79 Å². The Balaban J connectivity index is 2.23. The van der Waals surface area contributed by atoms with E-state index in [0.29, 0.717) is 12.8 Å². The van der Waals surface area contributed by atoms with Crippen molar-refractivity contribution in [2.75, 3.05) is 0 Å². The lowest BCUT2D eigenvalue weighted by Gasteiger charge is -2.25. The van der Waals surface area contributed by atoms with Crippen molar-refractivity contribution >= 4 is 5.97 Å². The first-order chi connectivity index (χ1) is 6.22. The molecule has 0 aromatic carbocycles. The van der Waals surface area contributed by atoms with E-state index in [2.05, 4.69) is 0 Å². The van der Waals surface area contributed by atoms with Crippen molar-refractivity contribution < 1.29 is 14.6 Å². The predicted octanol–water partition coefficient (Wildman–Crippen LogP) is 1.63. The highest BCUT2D eigenvalue weighted by molar-refractivity contribution is 5.69. The maximum atomic E-state index is 11.1. The minimum absolute atomic E-state index is 0.0391. The molecule has 2 unspecified atom stereocenters. The molecule has 1 rings (SSSR count). The van der Waals surface area contributed by atoms with E-state index in [9.17, 15) is 9.90 Å². The second kappa shape index (κ2) is 5.22. The molecule has 0 aromatic heterocycles. The quantitative estimate of drug-likeness (QED) is 0.681. The van der Waals surface area contributed by atoms with Crippen LogP contribution in [-0.2, 0) is 9.53 Å². The minimum Gasteiger partial charge on any atom is -0.462 e. The van der Waals surface area contributed by atoms with Crippen LogP contribution in [0.4, 0.5) is 0 Å². The van der Waals surface area contributed by atoms with E-state index in [-0.39, 0.29) is 18.2 Å². The van der Waals surface area contributed by atoms with Crippen molar-refractivity contribution in [1.82, 2.24) is 0 Å². The van der Waals surface area contributed by atoms with E-state index in [1.807, 2.05) is 6.92 Å². The number of ether oxygens (including phenoxy) is 1. The lowest BCUT2D eigenvalue weighted by Crippen LogP contribution is -2.28. The Morgan fingerprint density at radius 2 is 2.31 bits per heavy atom. The zero-order chi connectivity index (χ0) is 9.68. The molecule has 0 aliphatic heterocycles. The number of aliphatic hydroxyl groups excluding tert-OH is 1. The SMILES string of the molecule is CCCC(=O)OC1CCCC(O)C1. The highest BCUT2D eigenvalue weighted by Crippen LogP contribution is 2.21. The highest BCUT2D eigenvalue weighted by Gasteiger charge is 2.22. The number of rotatable bonds is 3. The average molecular weight is 186 g/mol. The van der Waals surface area contributed by atoms with Crippen molar-refractivity contribution in [2.24, 2.45) is 0 Å². The number of hydrogen-bond donors (Lipinski definition) is 1. The molecule has 1 fully saturated rings. The van der Waals surface area contributed by atoms with Gasteiger partial charge in [0.15, 0.2) is 0 Å². The normalized spacial score (nSPS) is 28.5. The molecule has 0 aromatic rings. The standard InChI is InChI=1S/C10H18O3/c1-2-4-10(12)13-9-6-3-5-8(11)7-9/h8-9,11H,2-7H2,1H3. The Bertz CT molecular complexity index is 168. The van der Waals surface area contributed by atoms with Crippen LogP contribution < -0.4 is 0 Å². The van der Waals surface area contributed by atoms with E-state index in [4.69, 9.17) is 4.74 Å². The molecule has 0 saturated heterocycles. The molecule has 1 N–H and O–H groups in total. The number of carbonyl (C=O) groups is 1. The maximum absolute atomic E-state index is 11.1. The summed E-state index contributed by atoms with van der Waals surface area (Å²) < 4.78 is 5.20. The van der Waals surface area contributed by atoms with Gasteiger partial charge in [0.2, 0.25) is 0 Å². The van der Waals surface area contributed by atoms with Gasteiger partial charge >= 0.3 is 5.97 Å². The van der Waals surface area contributed by atoms with Gasteiger partial charge in [-0.15, -0.1) is 0 Å². The second-order valence-electron chi connectivity index (χ2n) is 3.68. The minimum atomic E-state index is -0.270. The molecule has 0 radical (unpaired) electrons. The van der Waals surface area contributed by atoms with Crippen LogP contribution in [0.2, 0.25) is 0 Å². The smallest absolute Gasteiger partial charge is 0.306 e. The van der Waals surface area contributed by atoms with Crippen LogP contribution in [0.3, 0.4) is 0 Å². The van der Waals surface area contributed by atoms with Crippen molar-refractivity contribution in [3.63, 3.8) is 0 Å². The molecule has 1 saturated carbocycles. The fraction of sp³-hybridized carbons (Fsp3) is 0.900. The summed E-state index contributed by atoms with van der Waals surface area (Å²) in [6.07, 6.45) is 4.35. The fourth-order valence-corrected chi connectivity index (χ4v) is 1.68. The Kier molecular flexibility index (Phi) is 4.22. The lowest BCUT2D eigenvalue weighted by molar-refractivity contribution is -0.152. The zero-order valence-electron chi connectivity index (χ0n) is 8.16. The summed E-state index contributed by atoms with van der Waals surface area (Å²) in [6, 6.07) is 0. The molecule has 1 aliphatic carbocycles. The van der Waals surface area contributed by atoms with E-state index >= 15 is 0 Å². The molecule has 2 atom stereocenters. The van der Waals surface area contributed by atoms with Gasteiger partial charge in [-0.25, -0.2) is 0 Å². The van der Waals surface area contributed by atoms with Crippen LogP contribution in [0.15, 0.2) is 0 Å². The summed E-state index contributed by atoms with van der Waals surface area (Å²) in [5.41, 5.74) is 0. The number of hydrogen-bond acceptors (Lipinski definition) is 3. The first kappa shape index (κ1) is 10.5. The Morgan fingerprint density at radius 1 is 1.54 bits per heavy atom. The van der Waals surface area contributed by atoms with Gasteiger partial charge < -0.3 is 9.84 Å². The van der Waals surface area contributed by atoms with Crippen LogP contribution in [0.25, 0.3) is 0 Å². The average Bonchev–Trinajstić information content (AvgIpc) is 2.04. The molecule has 0 heterocycles. The molecular formula is C10H18O3. The van der Waals surface area contributed by atoms with Crippen molar-refractivity contribution in [1.29, 1.82) is 0 Å². The summed E-state index contributed by atoms with van der Waals surface area (Å²) in [7, 11) is 0. The number of carbonyl (C=O) groups excluding carboxylic acids is 1. The van der Waals surface area contributed by atoms with Gasteiger partial charge in [-0.05, 0) is 25.7 Å². The third-order valence-corrected chi connectivity index (χ3v) is 2.35. The Morgan fingerprint density at radius 3 is 2.92 bits per heavy atom. The zero-order valence-corrected chi connectivity index (χ0v) is 8.16. The predicted molar refractivity (Wildman–Crippen MR) is 49.3 cm³/mol. The molecule has 13 heavy (non-hydrogen) atoms. The van der Waals surface area contributed by atoms with Crippen molar-refractivity contribution in [3.8, 4) is 0 Å². The summed E-state index contributed by atoms with van der Waals surface area (Å²) in [5, 5.41) is 9.33. The molecule has 76 valence electrons. The van der Waals surface area contributed by atoms with E-state index < -0.39 is 0 Å². The molecule has 0 spiro atoms. The molecular weight excluding hydrogens is 168 g/mol. The first-order valence-corrected chi connectivity index (χ1v) is 5.10. The monoisotopic (exact) mass is 186 g/mol. The molecule has 0 amide bonds. The molecule has 0 bridgehead atoms. The van der Waals surface area contributed by atoms with Crippen LogP contribution in [0.5, 0.6) is 0 Å². The van der Waals surface area contributed by atoms with Gasteiger partial charge in [0.05, 0.1) is 6.10 Å². The summed E-state index contributed by atoms with van der Waals surface area (Å²) in [4.78, 5) is 11.1. The summed E-state index contributed by atoms with van der Waals surface area (Å²) in [5.74, 6) is -0.124. The van der Waals surface area contributed by atoms with Crippen LogP contribution in [-0.4, -0.2) is 23.3 Å². The van der Waals surface area contributed by atoms with Crippen molar-refractivity contribution in [2.45, 2.75) is 57.7 Å². The Labute approximate surface area is 79.1 Å². The van der Waals surface area contributed by atoms with E-state index in [1.165, 1.54) is 0 Å². The van der Waals surface area contributed by atoms with Gasteiger partial charge in [-0.2, -0.15) is 0 Å². The van der Waals surface area contributed by atoms with Crippen LogP contribution in [0, 0.1) is 0 Å². The lowest BCUT2D eigenvalue weighted by atomic mass is 9.95. The van der Waals surface area contributed by atoms with E-state index in [1.54, 1.807) is 0 Å².